The predicted molar refractivity (Wildman–Crippen MR) is 77.7 cm³/mol. The van der Waals surface area contributed by atoms with Gasteiger partial charge in [0, 0.05) is 12.9 Å². The Morgan fingerprint density at radius 2 is 2.33 bits per heavy atom. The van der Waals surface area contributed by atoms with Crippen molar-refractivity contribution in [2.45, 2.75) is 24.0 Å². The molecule has 24 heavy (non-hydrogen) atoms. The van der Waals surface area contributed by atoms with Crippen LogP contribution in [0, 0.1) is 0 Å². The van der Waals surface area contributed by atoms with Gasteiger partial charge < -0.3 is 19.7 Å². The van der Waals surface area contributed by atoms with Crippen molar-refractivity contribution < 1.29 is 29.3 Å². The molecule has 0 aromatic carbocycles. The minimum absolute atomic E-state index is 0.0739. The number of β-lactam (4-membered cyclic amide) rings is 1. The predicted octanol–water partition coefficient (Wildman–Crippen LogP) is -1.69. The number of methoxy groups -OCH3 is 1. The zero-order valence-electron chi connectivity index (χ0n) is 12.7. The molecule has 1 aromatic rings. The Hall–Kier alpha value is -2.02. The Balaban J connectivity index is 1.78. The van der Waals surface area contributed by atoms with Crippen LogP contribution in [0.1, 0.15) is 0 Å². The second-order valence-corrected chi connectivity index (χ2v) is 5.96. The number of carbonyl (C=O) groups excluding carboxylic acids is 1. The van der Waals surface area contributed by atoms with Crippen LogP contribution in [0.5, 0.6) is 0 Å². The third kappa shape index (κ3) is 2.77. The number of rotatable bonds is 7. The van der Waals surface area contributed by atoms with E-state index in [0.29, 0.717) is 10.7 Å². The van der Waals surface area contributed by atoms with Gasteiger partial charge >= 0.3 is 5.97 Å². The highest BCUT2D eigenvalue weighted by atomic mass is 32.2. The SMILES string of the molecule is COC1C(=O)N2C(C(=O)O)=C(CSc3nnnn3CCO)COC12. The van der Waals surface area contributed by atoms with Crippen molar-refractivity contribution in [3.05, 3.63) is 11.3 Å². The number of hydrogen-bond donors (Lipinski definition) is 2. The summed E-state index contributed by atoms with van der Waals surface area (Å²) in [7, 11) is 1.37. The number of hydrogen-bond acceptors (Lipinski definition) is 9. The molecule has 11 nitrogen and oxygen atoms in total. The second-order valence-electron chi connectivity index (χ2n) is 5.02. The molecule has 12 heteroatoms. The maximum atomic E-state index is 12.0. The zero-order valence-corrected chi connectivity index (χ0v) is 13.5. The van der Waals surface area contributed by atoms with Crippen LogP contribution >= 0.6 is 11.8 Å². The van der Waals surface area contributed by atoms with Gasteiger partial charge in [0.15, 0.2) is 12.3 Å². The van der Waals surface area contributed by atoms with Crippen LogP contribution in [0.2, 0.25) is 0 Å². The fourth-order valence-corrected chi connectivity index (χ4v) is 3.42. The molecule has 2 atom stereocenters. The fraction of sp³-hybridized carbons (Fsp3) is 0.583. The summed E-state index contributed by atoms with van der Waals surface area (Å²) in [6.45, 7) is 0.191. The Kier molecular flexibility index (Phi) is 4.80. The number of carbonyl (C=O) groups is 2. The molecule has 0 radical (unpaired) electrons. The summed E-state index contributed by atoms with van der Waals surface area (Å²) in [6.07, 6.45) is -1.48. The maximum absolute atomic E-state index is 12.0. The van der Waals surface area contributed by atoms with Crippen LogP contribution in [-0.4, -0.2) is 85.6 Å². The van der Waals surface area contributed by atoms with E-state index in [1.807, 2.05) is 0 Å². The first-order valence-electron chi connectivity index (χ1n) is 7.01. The number of aliphatic hydroxyl groups is 1. The molecule has 3 rings (SSSR count). The third-order valence-corrected chi connectivity index (χ3v) is 4.68. The van der Waals surface area contributed by atoms with Crippen molar-refractivity contribution in [1.82, 2.24) is 25.1 Å². The van der Waals surface area contributed by atoms with Crippen molar-refractivity contribution in [3.63, 3.8) is 0 Å². The fourth-order valence-electron chi connectivity index (χ4n) is 2.53. The number of tetrazole rings is 1. The van der Waals surface area contributed by atoms with Crippen molar-refractivity contribution in [1.29, 1.82) is 0 Å². The van der Waals surface area contributed by atoms with E-state index >= 15 is 0 Å². The molecule has 1 saturated heterocycles. The Morgan fingerprint density at radius 1 is 1.54 bits per heavy atom. The zero-order chi connectivity index (χ0) is 17.3. The highest BCUT2D eigenvalue weighted by molar-refractivity contribution is 7.99. The number of thioether (sulfide) groups is 1. The molecule has 2 aliphatic rings. The normalized spacial score (nSPS) is 23.2. The molecule has 0 spiro atoms. The molecule has 130 valence electrons. The molecule has 2 unspecified atom stereocenters. The van der Waals surface area contributed by atoms with Crippen LogP contribution < -0.4 is 0 Å². The van der Waals surface area contributed by atoms with E-state index in [0.717, 1.165) is 4.90 Å². The lowest BCUT2D eigenvalue weighted by Gasteiger charge is -2.48. The Morgan fingerprint density at radius 3 is 3.00 bits per heavy atom. The molecule has 1 aromatic heterocycles. The maximum Gasteiger partial charge on any atom is 0.352 e. The lowest BCUT2D eigenvalue weighted by Crippen LogP contribution is -2.68. The van der Waals surface area contributed by atoms with Gasteiger partial charge in [0.2, 0.25) is 5.16 Å². The van der Waals surface area contributed by atoms with Crippen molar-refractivity contribution in [2.75, 3.05) is 26.1 Å². The minimum Gasteiger partial charge on any atom is -0.477 e. The molecule has 3 heterocycles. The van der Waals surface area contributed by atoms with Gasteiger partial charge in [-0.15, -0.1) is 5.10 Å². The summed E-state index contributed by atoms with van der Waals surface area (Å²) < 4.78 is 12.0. The van der Waals surface area contributed by atoms with Crippen LogP contribution in [0.15, 0.2) is 16.4 Å². The van der Waals surface area contributed by atoms with Crippen molar-refractivity contribution in [2.24, 2.45) is 0 Å². The lowest BCUT2D eigenvalue weighted by atomic mass is 10.0. The topological polar surface area (TPSA) is 140 Å². The smallest absolute Gasteiger partial charge is 0.352 e. The Bertz CT molecular complexity index is 691. The van der Waals surface area contributed by atoms with E-state index in [9.17, 15) is 14.7 Å². The van der Waals surface area contributed by atoms with E-state index < -0.39 is 24.2 Å². The van der Waals surface area contributed by atoms with Gasteiger partial charge in [-0.05, 0) is 16.0 Å². The average Bonchev–Trinajstić information content (AvgIpc) is 3.00. The summed E-state index contributed by atoms with van der Waals surface area (Å²) >= 11 is 1.20. The highest BCUT2D eigenvalue weighted by Crippen LogP contribution is 2.35. The summed E-state index contributed by atoms with van der Waals surface area (Å²) in [4.78, 5) is 24.7. The summed E-state index contributed by atoms with van der Waals surface area (Å²) in [5.74, 6) is -1.40. The van der Waals surface area contributed by atoms with Gasteiger partial charge in [0.25, 0.3) is 5.91 Å². The van der Waals surface area contributed by atoms with Crippen molar-refractivity contribution >= 4 is 23.6 Å². The minimum atomic E-state index is -1.20. The number of carboxylic acid groups (broad SMARTS) is 1. The molecule has 2 aliphatic heterocycles. The van der Waals surface area contributed by atoms with Gasteiger partial charge in [-0.2, -0.15) is 0 Å². The third-order valence-electron chi connectivity index (χ3n) is 3.64. The lowest BCUT2D eigenvalue weighted by molar-refractivity contribution is -0.212. The number of fused-ring (bicyclic) bond motifs is 1. The van der Waals surface area contributed by atoms with Gasteiger partial charge in [0.1, 0.15) is 5.70 Å². The summed E-state index contributed by atoms with van der Waals surface area (Å²) in [5, 5.41) is 29.9. The monoisotopic (exact) mass is 357 g/mol. The van der Waals surface area contributed by atoms with Gasteiger partial charge in [-0.3, -0.25) is 9.69 Å². The summed E-state index contributed by atoms with van der Waals surface area (Å²) in [5.41, 5.74) is 0.364. The quantitative estimate of drug-likeness (QED) is 0.429. The molecule has 1 amide bonds. The van der Waals surface area contributed by atoms with Crippen molar-refractivity contribution in [3.8, 4) is 0 Å². The molecule has 0 bridgehead atoms. The second kappa shape index (κ2) is 6.84. The first kappa shape index (κ1) is 16.8. The van der Waals surface area contributed by atoms with Crippen LogP contribution in [0.25, 0.3) is 0 Å². The number of ether oxygens (including phenoxy) is 2. The van der Waals surface area contributed by atoms with E-state index in [2.05, 4.69) is 15.5 Å². The number of aliphatic carboxylic acids is 1. The summed E-state index contributed by atoms with van der Waals surface area (Å²) in [6, 6.07) is 0. The Labute approximate surface area is 140 Å². The molecular weight excluding hydrogens is 342 g/mol. The number of nitrogens with zero attached hydrogens (tertiary/aromatic N) is 5. The molecule has 0 aliphatic carbocycles. The van der Waals surface area contributed by atoms with Crippen LogP contribution in [-0.2, 0) is 25.6 Å². The first-order chi connectivity index (χ1) is 11.6. The molecule has 0 saturated carbocycles. The van der Waals surface area contributed by atoms with E-state index in [4.69, 9.17) is 14.6 Å². The van der Waals surface area contributed by atoms with E-state index in [1.165, 1.54) is 23.6 Å². The van der Waals surface area contributed by atoms with Gasteiger partial charge in [0.05, 0.1) is 19.8 Å². The van der Waals surface area contributed by atoms with Gasteiger partial charge in [-0.25, -0.2) is 9.48 Å². The van der Waals surface area contributed by atoms with E-state index in [-0.39, 0.29) is 31.2 Å². The average molecular weight is 357 g/mol. The molecule has 2 N–H and O–H groups in total. The number of carboxylic acids is 1. The highest BCUT2D eigenvalue weighted by Gasteiger charge is 2.54. The van der Waals surface area contributed by atoms with Gasteiger partial charge in [-0.1, -0.05) is 11.8 Å². The first-order valence-corrected chi connectivity index (χ1v) is 7.99. The van der Waals surface area contributed by atoms with E-state index in [1.54, 1.807) is 0 Å². The number of amides is 1. The molecule has 1 fully saturated rings. The molecular formula is C12H15N5O6S. The number of aromatic nitrogens is 4. The standard InChI is InChI=1S/C12H15N5O6S/c1-22-8-9(19)17-7(11(20)21)6(4-23-10(8)17)5-24-12-13-14-15-16(12)2-3-18/h8,10,18H,2-5H2,1H3,(H,20,21). The van der Waals surface area contributed by atoms with Crippen LogP contribution in [0.3, 0.4) is 0 Å². The number of aliphatic hydroxyl groups excluding tert-OH is 1. The van der Waals surface area contributed by atoms with Crippen LogP contribution in [0.4, 0.5) is 0 Å². The largest absolute Gasteiger partial charge is 0.477 e.